The Kier molecular flexibility index (Phi) is 11.0. The first-order valence-corrected chi connectivity index (χ1v) is 12.2. The third-order valence-corrected chi connectivity index (χ3v) is 6.67. The molecule has 0 aromatic heterocycles. The summed E-state index contributed by atoms with van der Waals surface area (Å²) in [5.74, 6) is 1.29. The van der Waals surface area contributed by atoms with Gasteiger partial charge < -0.3 is 15.4 Å². The summed E-state index contributed by atoms with van der Waals surface area (Å²) in [4.78, 5) is 7.00. The molecule has 0 saturated carbocycles. The maximum Gasteiger partial charge on any atom is 0.191 e. The Morgan fingerprint density at radius 2 is 1.67 bits per heavy atom. The van der Waals surface area contributed by atoms with E-state index in [1.165, 1.54) is 55.5 Å². The van der Waals surface area contributed by atoms with Crippen LogP contribution >= 0.6 is 24.0 Å². The molecule has 2 aliphatic heterocycles. The van der Waals surface area contributed by atoms with Gasteiger partial charge in [-0.1, -0.05) is 61.0 Å². The minimum atomic E-state index is 0. The highest BCUT2D eigenvalue weighted by Gasteiger charge is 2.27. The first-order valence-electron chi connectivity index (χ1n) is 12.2. The molecule has 0 bridgehead atoms. The van der Waals surface area contributed by atoms with Gasteiger partial charge in [-0.15, -0.1) is 24.0 Å². The number of rotatable bonds is 7. The van der Waals surface area contributed by atoms with Crippen LogP contribution in [0.15, 0.2) is 59.6 Å². The van der Waals surface area contributed by atoms with Crippen molar-refractivity contribution >= 4 is 29.9 Å². The second-order valence-electron chi connectivity index (χ2n) is 9.06. The Bertz CT molecular complexity index is 837. The minimum absolute atomic E-state index is 0. The van der Waals surface area contributed by atoms with E-state index in [0.29, 0.717) is 5.92 Å². The Balaban J connectivity index is 0.00000306. The van der Waals surface area contributed by atoms with E-state index in [2.05, 4.69) is 75.1 Å². The third-order valence-electron chi connectivity index (χ3n) is 6.67. The molecule has 2 unspecified atom stereocenters. The molecule has 6 heteroatoms. The molecule has 2 saturated heterocycles. The van der Waals surface area contributed by atoms with Crippen molar-refractivity contribution < 1.29 is 4.74 Å². The molecule has 2 fully saturated rings. The summed E-state index contributed by atoms with van der Waals surface area (Å²) >= 11 is 0. The van der Waals surface area contributed by atoms with Gasteiger partial charge in [0.1, 0.15) is 0 Å². The third kappa shape index (κ3) is 7.97. The van der Waals surface area contributed by atoms with E-state index < -0.39 is 0 Å². The molecule has 2 atom stereocenters. The van der Waals surface area contributed by atoms with Crippen LogP contribution < -0.4 is 10.6 Å². The molecular formula is C27H39IN4O. The second kappa shape index (κ2) is 13.9. The Labute approximate surface area is 216 Å². The lowest BCUT2D eigenvalue weighted by Crippen LogP contribution is -2.41. The number of hydrogen-bond donors (Lipinski definition) is 2. The lowest BCUT2D eigenvalue weighted by Gasteiger charge is -2.32. The SMILES string of the molecule is CN=C(NCc1ccc(CN2CCCCC2)cc1)NCC1CCCOC1c1ccccc1.I. The van der Waals surface area contributed by atoms with Crippen molar-refractivity contribution in [1.82, 2.24) is 15.5 Å². The summed E-state index contributed by atoms with van der Waals surface area (Å²) < 4.78 is 6.13. The topological polar surface area (TPSA) is 48.9 Å². The second-order valence-corrected chi connectivity index (χ2v) is 9.06. The molecular weight excluding hydrogens is 523 g/mol. The molecule has 2 aromatic carbocycles. The Morgan fingerprint density at radius 1 is 0.939 bits per heavy atom. The van der Waals surface area contributed by atoms with Crippen molar-refractivity contribution in [3.8, 4) is 0 Å². The zero-order valence-corrected chi connectivity index (χ0v) is 22.2. The molecule has 4 rings (SSSR count). The maximum atomic E-state index is 6.13. The van der Waals surface area contributed by atoms with Crippen molar-refractivity contribution in [2.24, 2.45) is 10.9 Å². The molecule has 0 radical (unpaired) electrons. The predicted octanol–water partition coefficient (Wildman–Crippen LogP) is 5.12. The van der Waals surface area contributed by atoms with E-state index in [4.69, 9.17) is 4.74 Å². The lowest BCUT2D eigenvalue weighted by atomic mass is 9.89. The summed E-state index contributed by atoms with van der Waals surface area (Å²) in [6.45, 7) is 6.02. The Hall–Kier alpha value is -1.64. The van der Waals surface area contributed by atoms with Gasteiger partial charge in [0.2, 0.25) is 0 Å². The number of piperidine rings is 1. The van der Waals surface area contributed by atoms with Crippen LogP contribution in [-0.2, 0) is 17.8 Å². The highest BCUT2D eigenvalue weighted by atomic mass is 127. The lowest BCUT2D eigenvalue weighted by molar-refractivity contribution is -0.0265. The van der Waals surface area contributed by atoms with E-state index in [-0.39, 0.29) is 30.1 Å². The molecule has 2 N–H and O–H groups in total. The number of benzene rings is 2. The van der Waals surface area contributed by atoms with Gasteiger partial charge in [0, 0.05) is 39.2 Å². The van der Waals surface area contributed by atoms with E-state index in [0.717, 1.165) is 38.6 Å². The van der Waals surface area contributed by atoms with Gasteiger partial charge in [0.05, 0.1) is 6.10 Å². The minimum Gasteiger partial charge on any atom is -0.373 e. The van der Waals surface area contributed by atoms with Crippen LogP contribution in [-0.4, -0.2) is 44.1 Å². The molecule has 2 heterocycles. The van der Waals surface area contributed by atoms with Gasteiger partial charge in [-0.25, -0.2) is 0 Å². The fraction of sp³-hybridized carbons (Fsp3) is 0.519. The fourth-order valence-electron chi connectivity index (χ4n) is 4.84. The molecule has 33 heavy (non-hydrogen) atoms. The van der Waals surface area contributed by atoms with Crippen molar-refractivity contribution in [1.29, 1.82) is 0 Å². The Morgan fingerprint density at radius 3 is 2.39 bits per heavy atom. The average Bonchev–Trinajstić information content (AvgIpc) is 2.86. The number of halogens is 1. The van der Waals surface area contributed by atoms with Crippen LogP contribution in [0.3, 0.4) is 0 Å². The zero-order chi connectivity index (χ0) is 22.0. The summed E-state index contributed by atoms with van der Waals surface area (Å²) in [6, 6.07) is 19.6. The summed E-state index contributed by atoms with van der Waals surface area (Å²) in [6.07, 6.45) is 6.51. The van der Waals surface area contributed by atoms with Gasteiger partial charge in [-0.2, -0.15) is 0 Å². The van der Waals surface area contributed by atoms with Gasteiger partial charge >= 0.3 is 0 Å². The first-order chi connectivity index (χ1) is 15.8. The summed E-state index contributed by atoms with van der Waals surface area (Å²) in [5, 5.41) is 7.00. The van der Waals surface area contributed by atoms with E-state index >= 15 is 0 Å². The number of hydrogen-bond acceptors (Lipinski definition) is 3. The summed E-state index contributed by atoms with van der Waals surface area (Å²) in [5.41, 5.74) is 3.95. The van der Waals surface area contributed by atoms with Crippen LogP contribution in [0.4, 0.5) is 0 Å². The number of nitrogens with zero attached hydrogens (tertiary/aromatic N) is 2. The highest BCUT2D eigenvalue weighted by Crippen LogP contribution is 2.33. The van der Waals surface area contributed by atoms with Crippen molar-refractivity contribution in [3.05, 3.63) is 71.3 Å². The molecule has 0 amide bonds. The molecule has 2 aliphatic rings. The quantitative estimate of drug-likeness (QED) is 0.280. The number of nitrogens with one attached hydrogen (secondary N) is 2. The smallest absolute Gasteiger partial charge is 0.191 e. The van der Waals surface area contributed by atoms with E-state index in [1.807, 2.05) is 7.05 Å². The molecule has 0 spiro atoms. The van der Waals surface area contributed by atoms with Crippen LogP contribution in [0, 0.1) is 5.92 Å². The fourth-order valence-corrected chi connectivity index (χ4v) is 4.84. The van der Waals surface area contributed by atoms with Crippen LogP contribution in [0.25, 0.3) is 0 Å². The maximum absolute atomic E-state index is 6.13. The van der Waals surface area contributed by atoms with E-state index in [1.54, 1.807) is 0 Å². The van der Waals surface area contributed by atoms with Gasteiger partial charge in [0.25, 0.3) is 0 Å². The standard InChI is InChI=1S/C27H38N4O.HI/c1-28-27(30-20-25-11-8-18-32-26(25)24-9-4-2-5-10-24)29-19-22-12-14-23(15-13-22)21-31-16-6-3-7-17-31;/h2,4-5,9-10,12-15,25-26H,3,6-8,11,16-21H2,1H3,(H2,28,29,30);1H. The molecule has 0 aliphatic carbocycles. The van der Waals surface area contributed by atoms with Crippen molar-refractivity contribution in [3.63, 3.8) is 0 Å². The molecule has 5 nitrogen and oxygen atoms in total. The first kappa shape index (κ1) is 26.0. The largest absolute Gasteiger partial charge is 0.373 e. The van der Waals surface area contributed by atoms with Gasteiger partial charge in [-0.3, -0.25) is 9.89 Å². The zero-order valence-electron chi connectivity index (χ0n) is 19.8. The van der Waals surface area contributed by atoms with E-state index in [9.17, 15) is 0 Å². The predicted molar refractivity (Wildman–Crippen MR) is 147 cm³/mol. The number of likely N-dealkylation sites (tertiary alicyclic amines) is 1. The monoisotopic (exact) mass is 562 g/mol. The van der Waals surface area contributed by atoms with Crippen LogP contribution in [0.5, 0.6) is 0 Å². The molecule has 2 aromatic rings. The van der Waals surface area contributed by atoms with Gasteiger partial charge in [0.15, 0.2) is 5.96 Å². The van der Waals surface area contributed by atoms with Crippen LogP contribution in [0.2, 0.25) is 0 Å². The number of guanidine groups is 1. The van der Waals surface area contributed by atoms with Gasteiger partial charge in [-0.05, 0) is 55.5 Å². The normalized spacial score (nSPS) is 21.8. The van der Waals surface area contributed by atoms with Crippen LogP contribution in [0.1, 0.15) is 54.9 Å². The average molecular weight is 563 g/mol. The number of aliphatic imine (C=N–C) groups is 1. The highest BCUT2D eigenvalue weighted by molar-refractivity contribution is 14.0. The summed E-state index contributed by atoms with van der Waals surface area (Å²) in [7, 11) is 1.84. The number of ether oxygens (including phenoxy) is 1. The van der Waals surface area contributed by atoms with Crippen molar-refractivity contribution in [2.75, 3.05) is 33.3 Å². The van der Waals surface area contributed by atoms with Crippen molar-refractivity contribution in [2.45, 2.75) is 51.3 Å². The molecule has 180 valence electrons.